The number of rotatable bonds is 4. The fourth-order valence-electron chi connectivity index (χ4n) is 3.20. The zero-order valence-corrected chi connectivity index (χ0v) is 13.7. The van der Waals surface area contributed by atoms with Gasteiger partial charge in [-0.2, -0.15) is 0 Å². The van der Waals surface area contributed by atoms with Crippen LogP contribution in [0.15, 0.2) is 42.5 Å². The lowest BCUT2D eigenvalue weighted by atomic mass is 9.94. The van der Waals surface area contributed by atoms with E-state index in [-0.39, 0.29) is 17.9 Å². The van der Waals surface area contributed by atoms with Crippen LogP contribution < -0.4 is 15.4 Å². The Balaban J connectivity index is 1.97. The number of carbonyl (C=O) groups excluding carboxylic acids is 1. The van der Waals surface area contributed by atoms with Crippen molar-refractivity contribution >= 4 is 11.6 Å². The summed E-state index contributed by atoms with van der Waals surface area (Å²) in [4.78, 5) is 14.1. The molecule has 1 aliphatic heterocycles. The van der Waals surface area contributed by atoms with Gasteiger partial charge in [-0.05, 0) is 48.7 Å². The molecule has 0 aromatic heterocycles. The minimum Gasteiger partial charge on any atom is -0.497 e. The van der Waals surface area contributed by atoms with Crippen molar-refractivity contribution in [2.24, 2.45) is 5.73 Å². The highest BCUT2D eigenvalue weighted by Crippen LogP contribution is 2.38. The topological polar surface area (TPSA) is 55.6 Å². The van der Waals surface area contributed by atoms with E-state index < -0.39 is 0 Å². The van der Waals surface area contributed by atoms with Gasteiger partial charge in [0.2, 0.25) is 5.91 Å². The zero-order chi connectivity index (χ0) is 16.6. The molecule has 1 heterocycles. The van der Waals surface area contributed by atoms with Crippen molar-refractivity contribution < 1.29 is 9.53 Å². The fourth-order valence-corrected chi connectivity index (χ4v) is 3.20. The molecule has 2 unspecified atom stereocenters. The van der Waals surface area contributed by atoms with Crippen molar-refractivity contribution in [3.8, 4) is 5.75 Å². The van der Waals surface area contributed by atoms with Crippen LogP contribution in [0.1, 0.15) is 42.5 Å². The molecule has 2 N–H and O–H groups in total. The van der Waals surface area contributed by atoms with Gasteiger partial charge in [0.05, 0.1) is 19.1 Å². The second-order valence-corrected chi connectivity index (χ2v) is 5.88. The number of amides is 1. The fraction of sp³-hybridized carbons (Fsp3) is 0.316. The van der Waals surface area contributed by atoms with E-state index in [2.05, 4.69) is 6.07 Å². The van der Waals surface area contributed by atoms with Gasteiger partial charge in [0, 0.05) is 12.2 Å². The van der Waals surface area contributed by atoms with Crippen molar-refractivity contribution in [3.63, 3.8) is 0 Å². The summed E-state index contributed by atoms with van der Waals surface area (Å²) in [5.74, 6) is 0.844. The molecular weight excluding hydrogens is 288 g/mol. The first-order valence-electron chi connectivity index (χ1n) is 7.91. The summed E-state index contributed by atoms with van der Waals surface area (Å²) in [7, 11) is 1.65. The van der Waals surface area contributed by atoms with Crippen molar-refractivity contribution in [2.45, 2.75) is 25.8 Å². The number of hydrogen-bond donors (Lipinski definition) is 1. The van der Waals surface area contributed by atoms with E-state index in [9.17, 15) is 4.79 Å². The highest BCUT2D eigenvalue weighted by molar-refractivity contribution is 6.04. The maximum absolute atomic E-state index is 12.3. The van der Waals surface area contributed by atoms with E-state index in [4.69, 9.17) is 10.5 Å². The lowest BCUT2D eigenvalue weighted by Gasteiger charge is -2.17. The Bertz CT molecular complexity index is 742. The average molecular weight is 310 g/mol. The monoisotopic (exact) mass is 310 g/mol. The molecule has 1 amide bonds. The summed E-state index contributed by atoms with van der Waals surface area (Å²) >= 11 is 0. The number of nitrogens with two attached hydrogens (primary N) is 1. The minimum absolute atomic E-state index is 0.109. The van der Waals surface area contributed by atoms with Crippen molar-refractivity contribution in [1.29, 1.82) is 0 Å². The van der Waals surface area contributed by atoms with Crippen LogP contribution in [0.2, 0.25) is 0 Å². The largest absolute Gasteiger partial charge is 0.497 e. The van der Waals surface area contributed by atoms with E-state index in [1.165, 1.54) is 0 Å². The first-order chi connectivity index (χ1) is 11.1. The molecule has 2 aromatic rings. The molecule has 0 bridgehead atoms. The highest BCUT2D eigenvalue weighted by atomic mass is 16.5. The first-order valence-corrected chi connectivity index (χ1v) is 7.91. The van der Waals surface area contributed by atoms with Gasteiger partial charge >= 0.3 is 0 Å². The lowest BCUT2D eigenvalue weighted by Crippen LogP contribution is -2.27. The summed E-state index contributed by atoms with van der Waals surface area (Å²) in [5, 5.41) is 0. The van der Waals surface area contributed by atoms with E-state index >= 15 is 0 Å². The molecule has 3 rings (SSSR count). The Morgan fingerprint density at radius 3 is 2.65 bits per heavy atom. The predicted molar refractivity (Wildman–Crippen MR) is 91.9 cm³/mol. The molecule has 120 valence electrons. The number of ether oxygens (including phenoxy) is 1. The Hall–Kier alpha value is -2.33. The van der Waals surface area contributed by atoms with E-state index in [1.807, 2.05) is 55.1 Å². The Kier molecular flexibility index (Phi) is 4.09. The van der Waals surface area contributed by atoms with Crippen LogP contribution in [0.25, 0.3) is 0 Å². The molecule has 4 nitrogen and oxygen atoms in total. The maximum Gasteiger partial charge on any atom is 0.234 e. The summed E-state index contributed by atoms with van der Waals surface area (Å²) in [6.45, 7) is 4.64. The van der Waals surface area contributed by atoms with Crippen LogP contribution in [0.5, 0.6) is 5.75 Å². The predicted octanol–water partition coefficient (Wildman–Crippen LogP) is 3.21. The zero-order valence-electron chi connectivity index (χ0n) is 13.7. The summed E-state index contributed by atoms with van der Waals surface area (Å²) in [6.07, 6.45) is 0. The molecule has 0 fully saturated rings. The summed E-state index contributed by atoms with van der Waals surface area (Å²) in [6, 6.07) is 13.6. The Morgan fingerprint density at radius 1 is 1.22 bits per heavy atom. The van der Waals surface area contributed by atoms with E-state index in [1.54, 1.807) is 7.11 Å². The number of anilines is 1. The number of fused-ring (bicyclic) bond motifs is 1. The number of nitrogens with zero attached hydrogens (tertiary/aromatic N) is 1. The first kappa shape index (κ1) is 15.6. The summed E-state index contributed by atoms with van der Waals surface area (Å²) in [5.41, 5.74) is 10.5. The molecule has 0 saturated carbocycles. The maximum atomic E-state index is 12.3. The molecule has 2 atom stereocenters. The van der Waals surface area contributed by atoms with Gasteiger partial charge in [0.1, 0.15) is 5.75 Å². The normalized spacial score (nSPS) is 18.0. The Labute approximate surface area is 136 Å². The third-order valence-electron chi connectivity index (χ3n) is 4.57. The number of benzene rings is 2. The third-order valence-corrected chi connectivity index (χ3v) is 4.57. The Morgan fingerprint density at radius 2 is 1.96 bits per heavy atom. The van der Waals surface area contributed by atoms with Crippen LogP contribution in [0.4, 0.5) is 5.69 Å². The molecule has 2 aromatic carbocycles. The molecule has 0 spiro atoms. The quantitative estimate of drug-likeness (QED) is 0.943. The second-order valence-electron chi connectivity index (χ2n) is 5.88. The molecular formula is C19H22N2O2. The number of carbonyl (C=O) groups is 1. The van der Waals surface area contributed by atoms with E-state index in [0.29, 0.717) is 6.54 Å². The average Bonchev–Trinajstić information content (AvgIpc) is 2.84. The van der Waals surface area contributed by atoms with Gasteiger partial charge in [-0.1, -0.05) is 24.3 Å². The SMILES string of the molecule is CCN1C(=O)C(C)c2cc(C(N)c3cccc(OC)c3)ccc21. The van der Waals surface area contributed by atoms with Gasteiger partial charge in [-0.15, -0.1) is 0 Å². The minimum atomic E-state index is -0.242. The van der Waals surface area contributed by atoms with Crippen molar-refractivity contribution in [1.82, 2.24) is 0 Å². The molecule has 4 heteroatoms. The van der Waals surface area contributed by atoms with Crippen LogP contribution in [0, 0.1) is 0 Å². The highest BCUT2D eigenvalue weighted by Gasteiger charge is 2.33. The number of hydrogen-bond acceptors (Lipinski definition) is 3. The molecule has 0 aliphatic carbocycles. The second kappa shape index (κ2) is 6.05. The van der Waals surface area contributed by atoms with Crippen LogP contribution in [-0.2, 0) is 4.79 Å². The molecule has 1 aliphatic rings. The smallest absolute Gasteiger partial charge is 0.234 e. The van der Waals surface area contributed by atoms with Crippen molar-refractivity contribution in [2.75, 3.05) is 18.6 Å². The van der Waals surface area contributed by atoms with Gasteiger partial charge in [0.25, 0.3) is 0 Å². The lowest BCUT2D eigenvalue weighted by molar-refractivity contribution is -0.118. The van der Waals surface area contributed by atoms with Crippen LogP contribution >= 0.6 is 0 Å². The number of methoxy groups -OCH3 is 1. The van der Waals surface area contributed by atoms with Gasteiger partial charge in [0.15, 0.2) is 0 Å². The van der Waals surface area contributed by atoms with E-state index in [0.717, 1.165) is 28.1 Å². The third kappa shape index (κ3) is 2.59. The van der Waals surface area contributed by atoms with Gasteiger partial charge < -0.3 is 15.4 Å². The molecule has 0 saturated heterocycles. The standard InChI is InChI=1S/C19H22N2O2/c1-4-21-17-9-8-14(11-16(17)12(2)19(21)22)18(20)13-6-5-7-15(10-13)23-3/h5-12,18H,4,20H2,1-3H3. The van der Waals surface area contributed by atoms with Crippen LogP contribution in [-0.4, -0.2) is 19.6 Å². The van der Waals surface area contributed by atoms with Crippen LogP contribution in [0.3, 0.4) is 0 Å². The van der Waals surface area contributed by atoms with Crippen molar-refractivity contribution in [3.05, 3.63) is 59.2 Å². The summed E-state index contributed by atoms with van der Waals surface area (Å²) < 4.78 is 5.27. The molecule has 0 radical (unpaired) electrons. The molecule has 23 heavy (non-hydrogen) atoms. The number of likely N-dealkylation sites (N-methyl/N-ethyl adjacent to an activating group) is 1. The van der Waals surface area contributed by atoms with Gasteiger partial charge in [-0.25, -0.2) is 0 Å². The van der Waals surface area contributed by atoms with Gasteiger partial charge in [-0.3, -0.25) is 4.79 Å².